The summed E-state index contributed by atoms with van der Waals surface area (Å²) in [5.74, 6) is -0.821. The Hall–Kier alpha value is -0.630. The largest absolute Gasteiger partial charge is 0.394 e. The fraction of sp³-hybridized carbons (Fsp3) is 0.800. The molecule has 2 fully saturated rings. The normalized spacial score (nSPS) is 38.5. The van der Waals surface area contributed by atoms with Crippen molar-refractivity contribution in [1.82, 2.24) is 10.2 Å². The molecule has 6 nitrogen and oxygen atoms in total. The maximum Gasteiger partial charge on any atom is 0.326 e. The molecule has 4 unspecified atom stereocenters. The van der Waals surface area contributed by atoms with Crippen LogP contribution >= 0.6 is 23.2 Å². The molecule has 2 saturated heterocycles. The highest BCUT2D eigenvalue weighted by Crippen LogP contribution is 2.36. The minimum atomic E-state index is -1.83. The van der Waals surface area contributed by atoms with Gasteiger partial charge in [0.25, 0.3) is 5.91 Å². The van der Waals surface area contributed by atoms with Gasteiger partial charge >= 0.3 is 6.03 Å². The van der Waals surface area contributed by atoms with E-state index in [1.54, 1.807) is 0 Å². The van der Waals surface area contributed by atoms with E-state index in [4.69, 9.17) is 33.0 Å². The number of hydrogen-bond donors (Lipinski definition) is 2. The molecule has 9 heteroatoms. The van der Waals surface area contributed by atoms with Crippen molar-refractivity contribution in [3.63, 3.8) is 0 Å². The van der Waals surface area contributed by atoms with Gasteiger partial charge in [-0.1, -0.05) is 23.2 Å². The highest BCUT2D eigenvalue weighted by molar-refractivity contribution is 6.59. The van der Waals surface area contributed by atoms with Crippen LogP contribution in [-0.4, -0.2) is 57.4 Å². The van der Waals surface area contributed by atoms with Crippen molar-refractivity contribution in [3.8, 4) is 0 Å². The first kappa shape index (κ1) is 14.8. The van der Waals surface area contributed by atoms with E-state index in [1.807, 2.05) is 5.32 Å². The summed E-state index contributed by atoms with van der Waals surface area (Å²) >= 11 is 11.8. The Morgan fingerprint density at radius 2 is 2.21 bits per heavy atom. The minimum absolute atomic E-state index is 0.110. The van der Waals surface area contributed by atoms with Crippen LogP contribution in [0.3, 0.4) is 0 Å². The van der Waals surface area contributed by atoms with Crippen molar-refractivity contribution >= 4 is 35.1 Å². The van der Waals surface area contributed by atoms with E-state index in [9.17, 15) is 14.0 Å². The lowest BCUT2D eigenvalue weighted by Crippen LogP contribution is -2.66. The van der Waals surface area contributed by atoms with Gasteiger partial charge in [-0.25, -0.2) is 9.18 Å². The zero-order chi connectivity index (χ0) is 14.4. The molecule has 4 atom stereocenters. The van der Waals surface area contributed by atoms with Gasteiger partial charge in [0.1, 0.15) is 18.5 Å². The van der Waals surface area contributed by atoms with Crippen LogP contribution in [-0.2, 0) is 9.53 Å². The maximum absolute atomic E-state index is 13.5. The molecule has 2 N–H and O–H groups in total. The zero-order valence-electron chi connectivity index (χ0n) is 9.98. The number of carbonyl (C=O) groups excluding carboxylic acids is 2. The van der Waals surface area contributed by atoms with Crippen LogP contribution < -0.4 is 5.32 Å². The Balaban J connectivity index is 2.20. The molecule has 0 saturated carbocycles. The molecule has 0 radical (unpaired) electrons. The Kier molecular flexibility index (Phi) is 3.92. The lowest BCUT2D eigenvalue weighted by Gasteiger charge is -2.42. The number of urea groups is 1. The summed E-state index contributed by atoms with van der Waals surface area (Å²) in [5.41, 5.74) is 0. The SMILES string of the molecule is CC1N(C2CC(F)C(CO)O2)C(=O)NC(=O)C1(Cl)Cl. The van der Waals surface area contributed by atoms with Crippen molar-refractivity contribution in [2.24, 2.45) is 0 Å². The summed E-state index contributed by atoms with van der Waals surface area (Å²) < 4.78 is 17.0. The number of ether oxygens (including phenoxy) is 1. The third kappa shape index (κ3) is 2.40. The van der Waals surface area contributed by atoms with Crippen molar-refractivity contribution in [3.05, 3.63) is 0 Å². The summed E-state index contributed by atoms with van der Waals surface area (Å²) in [4.78, 5) is 24.4. The highest BCUT2D eigenvalue weighted by atomic mass is 35.5. The average molecular weight is 315 g/mol. The fourth-order valence-corrected chi connectivity index (χ4v) is 2.49. The number of halogens is 3. The smallest absolute Gasteiger partial charge is 0.326 e. The summed E-state index contributed by atoms with van der Waals surface area (Å²) in [7, 11) is 0. The van der Waals surface area contributed by atoms with E-state index in [1.165, 1.54) is 6.92 Å². The molecule has 0 aromatic rings. The number of aliphatic hydroxyl groups is 1. The van der Waals surface area contributed by atoms with Gasteiger partial charge < -0.3 is 9.84 Å². The van der Waals surface area contributed by atoms with Crippen molar-refractivity contribution in [2.75, 3.05) is 6.61 Å². The molecule has 2 rings (SSSR count). The van der Waals surface area contributed by atoms with Gasteiger partial charge in [0.2, 0.25) is 4.33 Å². The molecule has 19 heavy (non-hydrogen) atoms. The van der Waals surface area contributed by atoms with Crippen molar-refractivity contribution in [2.45, 2.75) is 42.2 Å². The van der Waals surface area contributed by atoms with Crippen LogP contribution in [0.2, 0.25) is 0 Å². The van der Waals surface area contributed by atoms with E-state index < -0.39 is 47.4 Å². The number of nitrogens with one attached hydrogen (secondary N) is 1. The van der Waals surface area contributed by atoms with Crippen LogP contribution in [0.15, 0.2) is 0 Å². The maximum atomic E-state index is 13.5. The van der Waals surface area contributed by atoms with Crippen LogP contribution in [0.5, 0.6) is 0 Å². The van der Waals surface area contributed by atoms with Gasteiger partial charge in [-0.3, -0.25) is 15.0 Å². The first-order chi connectivity index (χ1) is 8.78. The second kappa shape index (κ2) is 5.05. The number of amides is 3. The number of imide groups is 1. The van der Waals surface area contributed by atoms with Gasteiger partial charge in [-0.05, 0) is 6.92 Å². The van der Waals surface area contributed by atoms with E-state index in [0.717, 1.165) is 4.90 Å². The molecular weight excluding hydrogens is 302 g/mol. The first-order valence-corrected chi connectivity index (χ1v) is 6.46. The monoisotopic (exact) mass is 314 g/mol. The third-order valence-electron chi connectivity index (χ3n) is 3.35. The quantitative estimate of drug-likeness (QED) is 0.729. The van der Waals surface area contributed by atoms with Crippen LogP contribution in [0.1, 0.15) is 13.3 Å². The number of alkyl halides is 3. The summed E-state index contributed by atoms with van der Waals surface area (Å²) in [6, 6.07) is -1.63. The second-order valence-corrected chi connectivity index (χ2v) is 5.91. The van der Waals surface area contributed by atoms with Gasteiger partial charge in [0, 0.05) is 6.42 Å². The van der Waals surface area contributed by atoms with Crippen LogP contribution in [0.4, 0.5) is 9.18 Å². The predicted molar refractivity (Wildman–Crippen MR) is 64.5 cm³/mol. The number of hydrogen-bond acceptors (Lipinski definition) is 4. The molecule has 108 valence electrons. The van der Waals surface area contributed by atoms with Gasteiger partial charge in [0.15, 0.2) is 0 Å². The molecule has 0 aromatic carbocycles. The number of rotatable bonds is 2. The Morgan fingerprint density at radius 1 is 1.58 bits per heavy atom. The van der Waals surface area contributed by atoms with Gasteiger partial charge in [0.05, 0.1) is 12.6 Å². The average Bonchev–Trinajstić information content (AvgIpc) is 2.68. The standard InChI is InChI=1S/C10H13Cl2FN2O4/c1-4-10(11,12)8(17)14-9(18)15(4)7-2-5(13)6(3-16)19-7/h4-7,16H,2-3H2,1H3,(H,14,17,18). The highest BCUT2D eigenvalue weighted by Gasteiger charge is 2.53. The van der Waals surface area contributed by atoms with E-state index in [-0.39, 0.29) is 6.42 Å². The Labute approximate surface area is 118 Å². The lowest BCUT2D eigenvalue weighted by atomic mass is 10.1. The van der Waals surface area contributed by atoms with E-state index >= 15 is 0 Å². The molecule has 0 spiro atoms. The third-order valence-corrected chi connectivity index (χ3v) is 4.33. The topological polar surface area (TPSA) is 78.9 Å². The Morgan fingerprint density at radius 3 is 2.74 bits per heavy atom. The first-order valence-electron chi connectivity index (χ1n) is 5.71. The number of nitrogens with zero attached hydrogens (tertiary/aromatic N) is 1. The Bertz CT molecular complexity index is 409. The summed E-state index contributed by atoms with van der Waals surface area (Å²) in [6.45, 7) is 0.979. The molecule has 0 bridgehead atoms. The zero-order valence-corrected chi connectivity index (χ0v) is 11.5. The summed E-state index contributed by atoms with van der Waals surface area (Å²) in [5, 5.41) is 10.9. The molecule has 2 aliphatic heterocycles. The molecule has 2 heterocycles. The lowest BCUT2D eigenvalue weighted by molar-refractivity contribution is -0.127. The van der Waals surface area contributed by atoms with E-state index in [0.29, 0.717) is 0 Å². The van der Waals surface area contributed by atoms with Crippen molar-refractivity contribution in [1.29, 1.82) is 0 Å². The molecular formula is C10H13Cl2FN2O4. The van der Waals surface area contributed by atoms with Crippen LogP contribution in [0, 0.1) is 0 Å². The summed E-state index contributed by atoms with van der Waals surface area (Å²) in [6.07, 6.45) is -3.43. The van der Waals surface area contributed by atoms with Crippen molar-refractivity contribution < 1.29 is 23.8 Å². The molecule has 0 aliphatic carbocycles. The molecule has 2 aliphatic rings. The fourth-order valence-electron chi connectivity index (χ4n) is 2.19. The van der Waals surface area contributed by atoms with E-state index in [2.05, 4.69) is 0 Å². The minimum Gasteiger partial charge on any atom is -0.394 e. The van der Waals surface area contributed by atoms with Crippen LogP contribution in [0.25, 0.3) is 0 Å². The second-order valence-electron chi connectivity index (χ2n) is 4.53. The number of carbonyl (C=O) groups is 2. The van der Waals surface area contributed by atoms with Gasteiger partial charge in [-0.2, -0.15) is 0 Å². The molecule has 0 aromatic heterocycles. The van der Waals surface area contributed by atoms with Gasteiger partial charge in [-0.15, -0.1) is 0 Å². The number of aliphatic hydroxyl groups excluding tert-OH is 1. The predicted octanol–water partition coefficient (Wildman–Crippen LogP) is 0.546. The molecule has 3 amide bonds.